The molecule has 0 heterocycles. The van der Waals surface area contributed by atoms with Crippen molar-refractivity contribution in [1.29, 1.82) is 0 Å². The van der Waals surface area contributed by atoms with Crippen molar-refractivity contribution in [3.8, 4) is 0 Å². The van der Waals surface area contributed by atoms with Crippen LogP contribution in [0.15, 0.2) is 36.4 Å². The van der Waals surface area contributed by atoms with Gasteiger partial charge in [-0.2, -0.15) is 0 Å². The third-order valence-corrected chi connectivity index (χ3v) is 3.71. The van der Waals surface area contributed by atoms with Crippen molar-refractivity contribution in [1.82, 2.24) is 0 Å². The lowest BCUT2D eigenvalue weighted by atomic mass is 9.82. The maximum absolute atomic E-state index is 13.4. The zero-order valence-electron chi connectivity index (χ0n) is 11.9. The van der Waals surface area contributed by atoms with Gasteiger partial charge < -0.3 is 5.73 Å². The van der Waals surface area contributed by atoms with Crippen molar-refractivity contribution in [2.24, 2.45) is 5.73 Å². The van der Waals surface area contributed by atoms with Gasteiger partial charge in [0.05, 0.1) is 5.54 Å². The molecular formula is C17H20FN. The molecule has 2 aromatic rings. The van der Waals surface area contributed by atoms with Gasteiger partial charge >= 0.3 is 0 Å². The minimum Gasteiger partial charge on any atom is -0.318 e. The van der Waals surface area contributed by atoms with Crippen LogP contribution in [0.3, 0.4) is 0 Å². The lowest BCUT2D eigenvalue weighted by molar-refractivity contribution is 0.585. The molecule has 0 saturated heterocycles. The van der Waals surface area contributed by atoms with E-state index in [0.717, 1.165) is 16.7 Å². The van der Waals surface area contributed by atoms with Crippen LogP contribution in [0.1, 0.15) is 34.7 Å². The highest BCUT2D eigenvalue weighted by atomic mass is 19.1. The van der Waals surface area contributed by atoms with Gasteiger partial charge in [0.15, 0.2) is 0 Å². The summed E-state index contributed by atoms with van der Waals surface area (Å²) in [5.41, 5.74) is 10.9. The normalized spacial score (nSPS) is 14.2. The maximum atomic E-state index is 13.4. The van der Waals surface area contributed by atoms with E-state index < -0.39 is 5.54 Å². The van der Waals surface area contributed by atoms with Crippen LogP contribution in [0, 0.1) is 26.6 Å². The summed E-state index contributed by atoms with van der Waals surface area (Å²) in [5.74, 6) is -0.194. The summed E-state index contributed by atoms with van der Waals surface area (Å²) < 4.78 is 13.4. The van der Waals surface area contributed by atoms with E-state index in [-0.39, 0.29) is 5.82 Å². The third kappa shape index (κ3) is 2.54. The average molecular weight is 257 g/mol. The summed E-state index contributed by atoms with van der Waals surface area (Å²) in [6.07, 6.45) is 0. The van der Waals surface area contributed by atoms with Gasteiger partial charge in [-0.25, -0.2) is 4.39 Å². The summed E-state index contributed by atoms with van der Waals surface area (Å²) in [4.78, 5) is 0. The van der Waals surface area contributed by atoms with Crippen molar-refractivity contribution < 1.29 is 4.39 Å². The van der Waals surface area contributed by atoms with Crippen LogP contribution >= 0.6 is 0 Å². The first-order valence-corrected chi connectivity index (χ1v) is 6.45. The molecule has 0 aromatic heterocycles. The summed E-state index contributed by atoms with van der Waals surface area (Å²) in [5, 5.41) is 0. The standard InChI is InChI=1S/C17H20FN/c1-11-5-6-12(2)15(9-11)17(4,19)14-7-8-16(18)13(3)10-14/h5-10H,19H2,1-4H3. The molecular weight excluding hydrogens is 237 g/mol. The Morgan fingerprint density at radius 3 is 2.26 bits per heavy atom. The van der Waals surface area contributed by atoms with Crippen molar-refractivity contribution >= 4 is 0 Å². The van der Waals surface area contributed by atoms with Gasteiger partial charge in [0.2, 0.25) is 0 Å². The minimum atomic E-state index is -0.617. The van der Waals surface area contributed by atoms with Gasteiger partial charge in [0, 0.05) is 0 Å². The summed E-state index contributed by atoms with van der Waals surface area (Å²) >= 11 is 0. The molecule has 0 bridgehead atoms. The highest BCUT2D eigenvalue weighted by Gasteiger charge is 2.26. The zero-order valence-corrected chi connectivity index (χ0v) is 11.9. The second-order valence-electron chi connectivity index (χ2n) is 5.48. The maximum Gasteiger partial charge on any atom is 0.126 e. The molecule has 0 fully saturated rings. The van der Waals surface area contributed by atoms with Gasteiger partial charge in [-0.3, -0.25) is 0 Å². The molecule has 0 amide bonds. The smallest absolute Gasteiger partial charge is 0.126 e. The molecule has 0 aliphatic carbocycles. The third-order valence-electron chi connectivity index (χ3n) is 3.71. The Hall–Kier alpha value is -1.67. The fourth-order valence-electron chi connectivity index (χ4n) is 2.42. The Morgan fingerprint density at radius 2 is 1.63 bits per heavy atom. The topological polar surface area (TPSA) is 26.0 Å². The highest BCUT2D eigenvalue weighted by Crippen LogP contribution is 2.30. The van der Waals surface area contributed by atoms with Crippen molar-refractivity contribution in [2.45, 2.75) is 33.2 Å². The van der Waals surface area contributed by atoms with Gasteiger partial charge in [-0.1, -0.05) is 35.9 Å². The van der Waals surface area contributed by atoms with E-state index in [9.17, 15) is 4.39 Å². The van der Waals surface area contributed by atoms with Crippen LogP contribution in [0.25, 0.3) is 0 Å². The minimum absolute atomic E-state index is 0.194. The molecule has 0 aliphatic heterocycles. The SMILES string of the molecule is Cc1ccc(C)c(C(C)(N)c2ccc(F)c(C)c2)c1. The number of benzene rings is 2. The average Bonchev–Trinajstić information content (AvgIpc) is 2.35. The molecule has 0 saturated carbocycles. The quantitative estimate of drug-likeness (QED) is 0.865. The molecule has 1 nitrogen and oxygen atoms in total. The monoisotopic (exact) mass is 257 g/mol. The number of nitrogens with two attached hydrogens (primary N) is 1. The largest absolute Gasteiger partial charge is 0.318 e. The van der Waals surface area contributed by atoms with Crippen molar-refractivity contribution in [3.05, 3.63) is 70.0 Å². The first kappa shape index (κ1) is 13.8. The van der Waals surface area contributed by atoms with Crippen LogP contribution in [0.5, 0.6) is 0 Å². The fraction of sp³-hybridized carbons (Fsp3) is 0.294. The Balaban J connectivity index is 2.57. The van der Waals surface area contributed by atoms with Crippen LogP contribution in [-0.2, 0) is 5.54 Å². The van der Waals surface area contributed by atoms with Gasteiger partial charge in [-0.05, 0) is 56.0 Å². The van der Waals surface area contributed by atoms with E-state index >= 15 is 0 Å². The van der Waals surface area contributed by atoms with Crippen molar-refractivity contribution in [3.63, 3.8) is 0 Å². The molecule has 2 heteroatoms. The zero-order chi connectivity index (χ0) is 14.2. The lowest BCUT2D eigenvalue weighted by Crippen LogP contribution is -2.35. The first-order valence-electron chi connectivity index (χ1n) is 6.45. The Morgan fingerprint density at radius 1 is 0.947 bits per heavy atom. The second-order valence-corrected chi connectivity index (χ2v) is 5.48. The van der Waals surface area contributed by atoms with Crippen molar-refractivity contribution in [2.75, 3.05) is 0 Å². The molecule has 2 aromatic carbocycles. The van der Waals surface area contributed by atoms with Gasteiger partial charge in [0.1, 0.15) is 5.82 Å². The molecule has 2 N–H and O–H groups in total. The Kier molecular flexibility index (Phi) is 3.46. The number of hydrogen-bond acceptors (Lipinski definition) is 1. The van der Waals surface area contributed by atoms with E-state index in [4.69, 9.17) is 5.73 Å². The molecule has 1 atom stereocenters. The molecule has 0 spiro atoms. The molecule has 1 unspecified atom stereocenters. The molecule has 19 heavy (non-hydrogen) atoms. The highest BCUT2D eigenvalue weighted by molar-refractivity contribution is 5.44. The number of rotatable bonds is 2. The predicted molar refractivity (Wildman–Crippen MR) is 77.7 cm³/mol. The number of halogens is 1. The van der Waals surface area contributed by atoms with E-state index in [2.05, 4.69) is 32.0 Å². The first-order chi connectivity index (χ1) is 8.82. The summed E-state index contributed by atoms with van der Waals surface area (Å²) in [6, 6.07) is 11.3. The fourth-order valence-corrected chi connectivity index (χ4v) is 2.42. The van der Waals surface area contributed by atoms with E-state index in [0.29, 0.717) is 5.56 Å². The molecule has 100 valence electrons. The van der Waals surface area contributed by atoms with Gasteiger partial charge in [-0.15, -0.1) is 0 Å². The molecule has 2 rings (SSSR count). The van der Waals surface area contributed by atoms with Crippen LogP contribution < -0.4 is 5.73 Å². The summed E-state index contributed by atoms with van der Waals surface area (Å²) in [7, 11) is 0. The van der Waals surface area contributed by atoms with E-state index in [1.165, 1.54) is 11.6 Å². The molecule has 0 aliphatic rings. The van der Waals surface area contributed by atoms with Crippen LogP contribution in [-0.4, -0.2) is 0 Å². The number of aryl methyl sites for hydroxylation is 3. The van der Waals surface area contributed by atoms with Gasteiger partial charge in [0.25, 0.3) is 0 Å². The van der Waals surface area contributed by atoms with Crippen LogP contribution in [0.4, 0.5) is 4.39 Å². The number of hydrogen-bond donors (Lipinski definition) is 1. The lowest BCUT2D eigenvalue weighted by Gasteiger charge is -2.28. The Labute approximate surface area is 114 Å². The van der Waals surface area contributed by atoms with Crippen LogP contribution in [0.2, 0.25) is 0 Å². The van der Waals surface area contributed by atoms with E-state index in [1.807, 2.05) is 13.0 Å². The molecule has 0 radical (unpaired) electrons. The second kappa shape index (κ2) is 4.78. The Bertz CT molecular complexity index is 615. The predicted octanol–water partition coefficient (Wildman–Crippen LogP) is 3.97. The summed E-state index contributed by atoms with van der Waals surface area (Å²) in [6.45, 7) is 7.84. The van der Waals surface area contributed by atoms with E-state index in [1.54, 1.807) is 13.0 Å².